The molecule has 2 aromatic carbocycles. The van der Waals surface area contributed by atoms with Crippen molar-refractivity contribution in [1.82, 2.24) is 0 Å². The van der Waals surface area contributed by atoms with E-state index in [1.807, 2.05) is 18.2 Å². The van der Waals surface area contributed by atoms with Crippen LogP contribution in [0.1, 0.15) is 11.1 Å². The molecule has 1 nitrogen and oxygen atoms in total. The minimum atomic E-state index is 0.192. The predicted octanol–water partition coefficient (Wildman–Crippen LogP) is 3.85. The van der Waals surface area contributed by atoms with Crippen LogP contribution in [0.5, 0.6) is 5.75 Å². The number of hydrogen-bond acceptors (Lipinski definition) is 1. The Kier molecular flexibility index (Phi) is 3.84. The Labute approximate surface area is 101 Å². The van der Waals surface area contributed by atoms with Gasteiger partial charge in [-0.1, -0.05) is 54.1 Å². The fraction of sp³-hybridized carbons (Fsp3) is 0.143. The van der Waals surface area contributed by atoms with Gasteiger partial charge in [0.25, 0.3) is 0 Å². The van der Waals surface area contributed by atoms with Crippen LogP contribution in [0.4, 0.5) is 0 Å². The number of alkyl halides is 1. The van der Waals surface area contributed by atoms with E-state index in [9.17, 15) is 0 Å². The molecule has 0 fully saturated rings. The number of hydrogen-bond donors (Lipinski definition) is 0. The van der Waals surface area contributed by atoms with Gasteiger partial charge in [-0.2, -0.15) is 0 Å². The molecule has 0 aliphatic carbocycles. The van der Waals surface area contributed by atoms with Crippen LogP contribution in [-0.2, 0) is 6.42 Å². The molecule has 0 atom stereocenters. The molecular formula is C14H13ClO. The predicted molar refractivity (Wildman–Crippen MR) is 67.0 cm³/mol. The second-order valence-corrected chi connectivity index (χ2v) is 3.78. The van der Waals surface area contributed by atoms with Crippen molar-refractivity contribution in [1.29, 1.82) is 0 Å². The quantitative estimate of drug-likeness (QED) is 0.728. The van der Waals surface area contributed by atoms with Crippen LogP contribution in [0.2, 0.25) is 0 Å². The third-order valence-corrected chi connectivity index (χ3v) is 2.50. The summed E-state index contributed by atoms with van der Waals surface area (Å²) in [6.07, 6.45) is 0.946. The Balaban J connectivity index is 2.05. The fourth-order valence-corrected chi connectivity index (χ4v) is 1.72. The summed E-state index contributed by atoms with van der Waals surface area (Å²) in [5.74, 6) is 0.812. The molecule has 16 heavy (non-hydrogen) atoms. The Morgan fingerprint density at radius 1 is 0.812 bits per heavy atom. The summed E-state index contributed by atoms with van der Waals surface area (Å²) in [6.45, 7) is 0. The van der Waals surface area contributed by atoms with E-state index in [0.717, 1.165) is 12.2 Å². The molecule has 82 valence electrons. The Bertz CT molecular complexity index is 422. The van der Waals surface area contributed by atoms with Crippen molar-refractivity contribution in [3.63, 3.8) is 0 Å². The topological polar surface area (TPSA) is 9.23 Å². The van der Waals surface area contributed by atoms with E-state index in [4.69, 9.17) is 16.3 Å². The van der Waals surface area contributed by atoms with Gasteiger partial charge in [0, 0.05) is 0 Å². The Morgan fingerprint density at radius 3 is 2.06 bits per heavy atom. The van der Waals surface area contributed by atoms with Crippen molar-refractivity contribution >= 4 is 11.6 Å². The molecule has 0 aromatic heterocycles. The van der Waals surface area contributed by atoms with Crippen molar-refractivity contribution in [2.24, 2.45) is 0 Å². The summed E-state index contributed by atoms with van der Waals surface area (Å²) in [6, 6.07) is 18.6. The van der Waals surface area contributed by atoms with Gasteiger partial charge in [0.15, 0.2) is 6.07 Å². The summed E-state index contributed by atoms with van der Waals surface area (Å²) < 4.78 is 5.18. The van der Waals surface area contributed by atoms with E-state index in [1.54, 1.807) is 0 Å². The van der Waals surface area contributed by atoms with Gasteiger partial charge in [-0.15, -0.1) is 0 Å². The van der Waals surface area contributed by atoms with E-state index in [2.05, 4.69) is 36.4 Å². The van der Waals surface area contributed by atoms with Gasteiger partial charge in [0.05, 0.1) is 0 Å². The maximum atomic E-state index is 5.48. The summed E-state index contributed by atoms with van der Waals surface area (Å²) in [5.41, 5.74) is 2.58. The SMILES string of the molecule is ClCOc1ccc(Cc2ccccc2)cc1. The van der Waals surface area contributed by atoms with E-state index in [1.165, 1.54) is 11.1 Å². The van der Waals surface area contributed by atoms with Gasteiger partial charge in [0.1, 0.15) is 5.75 Å². The summed E-state index contributed by atoms with van der Waals surface area (Å²) in [4.78, 5) is 0. The molecule has 2 rings (SSSR count). The second kappa shape index (κ2) is 5.57. The molecule has 0 spiro atoms. The van der Waals surface area contributed by atoms with Crippen molar-refractivity contribution < 1.29 is 4.74 Å². The molecule has 2 aromatic rings. The van der Waals surface area contributed by atoms with Crippen LogP contribution >= 0.6 is 11.6 Å². The van der Waals surface area contributed by atoms with Crippen LogP contribution in [-0.4, -0.2) is 6.07 Å². The van der Waals surface area contributed by atoms with Gasteiger partial charge in [0.2, 0.25) is 0 Å². The van der Waals surface area contributed by atoms with E-state index >= 15 is 0 Å². The first-order valence-corrected chi connectivity index (χ1v) is 5.73. The van der Waals surface area contributed by atoms with Crippen LogP contribution < -0.4 is 4.74 Å². The lowest BCUT2D eigenvalue weighted by Crippen LogP contribution is -1.90. The first-order valence-electron chi connectivity index (χ1n) is 5.20. The summed E-state index contributed by atoms with van der Waals surface area (Å²) in [5, 5.41) is 0. The van der Waals surface area contributed by atoms with Gasteiger partial charge in [-0.25, -0.2) is 0 Å². The minimum Gasteiger partial charge on any atom is -0.478 e. The average molecular weight is 233 g/mol. The van der Waals surface area contributed by atoms with E-state index < -0.39 is 0 Å². The van der Waals surface area contributed by atoms with Crippen LogP contribution in [0.3, 0.4) is 0 Å². The minimum absolute atomic E-state index is 0.192. The molecule has 0 saturated carbocycles. The molecule has 0 aliphatic heterocycles. The molecule has 0 radical (unpaired) electrons. The summed E-state index contributed by atoms with van der Waals surface area (Å²) >= 11 is 5.48. The Hall–Kier alpha value is -1.47. The molecule has 0 unspecified atom stereocenters. The lowest BCUT2D eigenvalue weighted by atomic mass is 10.1. The second-order valence-electron chi connectivity index (χ2n) is 3.56. The molecule has 0 heterocycles. The number of ether oxygens (including phenoxy) is 1. The molecule has 0 bridgehead atoms. The van der Waals surface area contributed by atoms with E-state index in [-0.39, 0.29) is 6.07 Å². The Morgan fingerprint density at radius 2 is 1.44 bits per heavy atom. The van der Waals surface area contributed by atoms with Gasteiger partial charge in [-0.05, 0) is 29.7 Å². The summed E-state index contributed by atoms with van der Waals surface area (Å²) in [7, 11) is 0. The molecule has 0 amide bonds. The smallest absolute Gasteiger partial charge is 0.162 e. The van der Waals surface area contributed by atoms with Crippen molar-refractivity contribution in [2.75, 3.05) is 6.07 Å². The maximum absolute atomic E-state index is 5.48. The van der Waals surface area contributed by atoms with Crippen LogP contribution in [0, 0.1) is 0 Å². The number of halogens is 1. The molecular weight excluding hydrogens is 220 g/mol. The van der Waals surface area contributed by atoms with Crippen molar-refractivity contribution in [2.45, 2.75) is 6.42 Å². The number of rotatable bonds is 4. The monoisotopic (exact) mass is 232 g/mol. The fourth-order valence-electron chi connectivity index (χ4n) is 1.60. The lowest BCUT2D eigenvalue weighted by Gasteiger charge is -2.04. The van der Waals surface area contributed by atoms with Gasteiger partial charge >= 0.3 is 0 Å². The lowest BCUT2D eigenvalue weighted by molar-refractivity contribution is 0.388. The molecule has 0 saturated heterocycles. The van der Waals surface area contributed by atoms with Crippen molar-refractivity contribution in [3.8, 4) is 5.75 Å². The third kappa shape index (κ3) is 3.01. The zero-order valence-corrected chi connectivity index (χ0v) is 9.65. The zero-order valence-electron chi connectivity index (χ0n) is 8.90. The van der Waals surface area contributed by atoms with Crippen LogP contribution in [0.25, 0.3) is 0 Å². The molecule has 2 heteroatoms. The highest BCUT2D eigenvalue weighted by atomic mass is 35.5. The first-order chi connectivity index (χ1) is 7.88. The van der Waals surface area contributed by atoms with Gasteiger partial charge < -0.3 is 4.74 Å². The molecule has 0 N–H and O–H groups in total. The highest BCUT2D eigenvalue weighted by Crippen LogP contribution is 2.15. The largest absolute Gasteiger partial charge is 0.478 e. The molecule has 0 aliphatic rings. The van der Waals surface area contributed by atoms with Crippen LogP contribution in [0.15, 0.2) is 54.6 Å². The zero-order chi connectivity index (χ0) is 11.2. The highest BCUT2D eigenvalue weighted by molar-refractivity contribution is 6.17. The number of benzene rings is 2. The normalized spacial score (nSPS) is 10.1. The standard InChI is InChI=1S/C14H13ClO/c15-11-16-14-8-6-13(7-9-14)10-12-4-2-1-3-5-12/h1-9H,10-11H2. The van der Waals surface area contributed by atoms with Gasteiger partial charge in [-0.3, -0.25) is 0 Å². The average Bonchev–Trinajstić information content (AvgIpc) is 2.33. The highest BCUT2D eigenvalue weighted by Gasteiger charge is 1.96. The third-order valence-electron chi connectivity index (χ3n) is 2.40. The maximum Gasteiger partial charge on any atom is 0.162 e. The first kappa shape index (κ1) is 11.0. The van der Waals surface area contributed by atoms with E-state index in [0.29, 0.717) is 0 Å². The van der Waals surface area contributed by atoms with Crippen molar-refractivity contribution in [3.05, 3.63) is 65.7 Å².